The lowest BCUT2D eigenvalue weighted by Gasteiger charge is -2.39. The van der Waals surface area contributed by atoms with Crippen LogP contribution in [0.15, 0.2) is 0 Å². The summed E-state index contributed by atoms with van der Waals surface area (Å²) >= 11 is 0. The SMILES string of the molecule is CCOCCN[C@@H]1CO[C@H](OC2CCCCC2)[C@H](O)[C@H]1O. The van der Waals surface area contributed by atoms with Gasteiger partial charge >= 0.3 is 0 Å². The summed E-state index contributed by atoms with van der Waals surface area (Å²) in [5.41, 5.74) is 0. The van der Waals surface area contributed by atoms with E-state index in [-0.39, 0.29) is 12.1 Å². The van der Waals surface area contributed by atoms with Crippen molar-refractivity contribution >= 4 is 0 Å². The Kier molecular flexibility index (Phi) is 7.36. The molecule has 2 fully saturated rings. The summed E-state index contributed by atoms with van der Waals surface area (Å²) in [5.74, 6) is 0. The van der Waals surface area contributed by atoms with Gasteiger partial charge in [-0.2, -0.15) is 0 Å². The van der Waals surface area contributed by atoms with Gasteiger partial charge in [-0.25, -0.2) is 0 Å². The fraction of sp³-hybridized carbons (Fsp3) is 1.00. The fourth-order valence-electron chi connectivity index (χ4n) is 2.95. The molecule has 6 heteroatoms. The lowest BCUT2D eigenvalue weighted by molar-refractivity contribution is -0.268. The highest BCUT2D eigenvalue weighted by atomic mass is 16.7. The van der Waals surface area contributed by atoms with Crippen LogP contribution in [0.2, 0.25) is 0 Å². The average Bonchev–Trinajstić information content (AvgIpc) is 2.51. The van der Waals surface area contributed by atoms with Crippen LogP contribution in [-0.2, 0) is 14.2 Å². The van der Waals surface area contributed by atoms with Crippen LogP contribution in [0.5, 0.6) is 0 Å². The topological polar surface area (TPSA) is 80.2 Å². The van der Waals surface area contributed by atoms with Crippen molar-refractivity contribution in [3.8, 4) is 0 Å². The van der Waals surface area contributed by atoms with E-state index in [0.29, 0.717) is 26.4 Å². The zero-order chi connectivity index (χ0) is 15.1. The molecule has 1 saturated heterocycles. The molecule has 0 amide bonds. The summed E-state index contributed by atoms with van der Waals surface area (Å²) in [6.45, 7) is 4.15. The van der Waals surface area contributed by atoms with E-state index in [1.54, 1.807) is 0 Å². The zero-order valence-electron chi connectivity index (χ0n) is 12.9. The Balaban J connectivity index is 1.73. The van der Waals surface area contributed by atoms with Gasteiger partial charge in [-0.1, -0.05) is 19.3 Å². The van der Waals surface area contributed by atoms with Gasteiger partial charge in [0, 0.05) is 13.2 Å². The van der Waals surface area contributed by atoms with E-state index in [2.05, 4.69) is 5.32 Å². The highest BCUT2D eigenvalue weighted by molar-refractivity contribution is 4.88. The number of ether oxygens (including phenoxy) is 3. The first-order valence-corrected chi connectivity index (χ1v) is 8.16. The Morgan fingerprint density at radius 2 is 1.90 bits per heavy atom. The van der Waals surface area contributed by atoms with Crippen LogP contribution in [0.3, 0.4) is 0 Å². The van der Waals surface area contributed by atoms with Crippen LogP contribution in [0.1, 0.15) is 39.0 Å². The maximum atomic E-state index is 10.2. The van der Waals surface area contributed by atoms with Gasteiger partial charge in [-0.15, -0.1) is 0 Å². The smallest absolute Gasteiger partial charge is 0.186 e. The molecule has 0 unspecified atom stereocenters. The maximum absolute atomic E-state index is 10.2. The summed E-state index contributed by atoms with van der Waals surface area (Å²) in [4.78, 5) is 0. The molecule has 124 valence electrons. The van der Waals surface area contributed by atoms with Gasteiger partial charge in [-0.3, -0.25) is 0 Å². The molecule has 0 spiro atoms. The lowest BCUT2D eigenvalue weighted by Crippen LogP contribution is -2.59. The Bertz CT molecular complexity index is 285. The van der Waals surface area contributed by atoms with Crippen LogP contribution in [0, 0.1) is 0 Å². The molecule has 21 heavy (non-hydrogen) atoms. The van der Waals surface area contributed by atoms with E-state index in [0.717, 1.165) is 25.7 Å². The van der Waals surface area contributed by atoms with Crippen LogP contribution in [0.4, 0.5) is 0 Å². The molecule has 0 aromatic carbocycles. The van der Waals surface area contributed by atoms with Crippen molar-refractivity contribution < 1.29 is 24.4 Å². The van der Waals surface area contributed by atoms with Gasteiger partial charge in [0.25, 0.3) is 0 Å². The zero-order valence-corrected chi connectivity index (χ0v) is 12.9. The number of nitrogens with one attached hydrogen (secondary N) is 1. The molecule has 3 N–H and O–H groups in total. The lowest BCUT2D eigenvalue weighted by atomic mass is 9.97. The Morgan fingerprint density at radius 1 is 1.14 bits per heavy atom. The molecular formula is C15H29NO5. The Labute approximate surface area is 126 Å². The van der Waals surface area contributed by atoms with Gasteiger partial charge in [0.1, 0.15) is 12.2 Å². The first-order valence-electron chi connectivity index (χ1n) is 8.16. The van der Waals surface area contributed by atoms with Gasteiger partial charge in [0.15, 0.2) is 6.29 Å². The summed E-state index contributed by atoms with van der Waals surface area (Å²) < 4.78 is 16.7. The highest BCUT2D eigenvalue weighted by Gasteiger charge is 2.39. The maximum Gasteiger partial charge on any atom is 0.186 e. The molecule has 1 saturated carbocycles. The van der Waals surface area contributed by atoms with Crippen molar-refractivity contribution in [1.82, 2.24) is 5.32 Å². The second kappa shape index (κ2) is 9.02. The molecular weight excluding hydrogens is 274 g/mol. The minimum atomic E-state index is -1.01. The quantitative estimate of drug-likeness (QED) is 0.591. The molecule has 1 heterocycles. The third-order valence-corrected chi connectivity index (χ3v) is 4.22. The molecule has 1 aliphatic carbocycles. The van der Waals surface area contributed by atoms with E-state index in [4.69, 9.17) is 14.2 Å². The van der Waals surface area contributed by atoms with Crippen LogP contribution >= 0.6 is 0 Å². The average molecular weight is 303 g/mol. The largest absolute Gasteiger partial charge is 0.388 e. The summed E-state index contributed by atoms with van der Waals surface area (Å²) in [6, 6.07) is -0.285. The number of rotatable bonds is 7. The van der Waals surface area contributed by atoms with Crippen LogP contribution in [-0.4, -0.2) is 67.2 Å². The normalized spacial score (nSPS) is 35.0. The third-order valence-electron chi connectivity index (χ3n) is 4.22. The van der Waals surface area contributed by atoms with Gasteiger partial charge < -0.3 is 29.7 Å². The summed E-state index contributed by atoms with van der Waals surface area (Å²) in [7, 11) is 0. The Morgan fingerprint density at radius 3 is 2.62 bits per heavy atom. The standard InChI is InChI=1S/C15H29NO5/c1-2-19-9-8-16-12-10-20-15(14(18)13(12)17)21-11-6-4-3-5-7-11/h11-18H,2-10H2,1H3/t12-,13+,14-,15-/m1/s1. The van der Waals surface area contributed by atoms with Gasteiger partial charge in [0.2, 0.25) is 0 Å². The summed E-state index contributed by atoms with van der Waals surface area (Å²) in [5, 5.41) is 23.5. The molecule has 2 aliphatic rings. The van der Waals surface area contributed by atoms with Crippen molar-refractivity contribution in [3.63, 3.8) is 0 Å². The molecule has 0 aromatic rings. The molecule has 0 radical (unpaired) electrons. The number of aliphatic hydroxyl groups is 2. The number of hydrogen-bond acceptors (Lipinski definition) is 6. The van der Waals surface area contributed by atoms with E-state index >= 15 is 0 Å². The molecule has 4 atom stereocenters. The predicted octanol–water partition coefficient (Wildman–Crippen LogP) is 0.408. The first-order chi connectivity index (χ1) is 10.2. The van der Waals surface area contributed by atoms with E-state index < -0.39 is 18.5 Å². The van der Waals surface area contributed by atoms with Crippen molar-refractivity contribution in [1.29, 1.82) is 0 Å². The molecule has 0 bridgehead atoms. The highest BCUT2D eigenvalue weighted by Crippen LogP contribution is 2.25. The van der Waals surface area contributed by atoms with Gasteiger partial charge in [-0.05, 0) is 19.8 Å². The van der Waals surface area contributed by atoms with E-state index in [1.807, 2.05) is 6.92 Å². The second-order valence-electron chi connectivity index (χ2n) is 5.84. The third kappa shape index (κ3) is 5.16. The van der Waals surface area contributed by atoms with E-state index in [1.165, 1.54) is 6.42 Å². The summed E-state index contributed by atoms with van der Waals surface area (Å²) in [6.07, 6.45) is 3.15. The monoisotopic (exact) mass is 303 g/mol. The second-order valence-corrected chi connectivity index (χ2v) is 5.84. The first kappa shape index (κ1) is 17.1. The molecule has 2 rings (SSSR count). The van der Waals surface area contributed by atoms with Crippen molar-refractivity contribution in [2.75, 3.05) is 26.4 Å². The molecule has 1 aliphatic heterocycles. The Hall–Kier alpha value is -0.240. The van der Waals surface area contributed by atoms with Crippen molar-refractivity contribution in [2.45, 2.75) is 69.7 Å². The molecule has 0 aromatic heterocycles. The van der Waals surface area contributed by atoms with Gasteiger partial charge in [0.05, 0.1) is 25.4 Å². The van der Waals surface area contributed by atoms with E-state index in [9.17, 15) is 10.2 Å². The minimum Gasteiger partial charge on any atom is -0.388 e. The van der Waals surface area contributed by atoms with Crippen molar-refractivity contribution in [3.05, 3.63) is 0 Å². The van der Waals surface area contributed by atoms with Crippen LogP contribution < -0.4 is 5.32 Å². The number of hydrogen-bond donors (Lipinski definition) is 3. The predicted molar refractivity (Wildman–Crippen MR) is 78.0 cm³/mol. The van der Waals surface area contributed by atoms with Crippen LogP contribution in [0.25, 0.3) is 0 Å². The van der Waals surface area contributed by atoms with Crippen molar-refractivity contribution in [2.24, 2.45) is 0 Å². The minimum absolute atomic E-state index is 0.146. The molecule has 6 nitrogen and oxygen atoms in total. The number of aliphatic hydroxyl groups excluding tert-OH is 2. The fourth-order valence-corrected chi connectivity index (χ4v) is 2.95.